The van der Waals surface area contributed by atoms with Gasteiger partial charge in [-0.25, -0.2) is 4.39 Å². The molecule has 34 heavy (non-hydrogen) atoms. The molecule has 1 unspecified atom stereocenters. The van der Waals surface area contributed by atoms with Gasteiger partial charge in [0.25, 0.3) is 0 Å². The molecule has 0 saturated carbocycles. The molecule has 0 radical (unpaired) electrons. The molecule has 1 atom stereocenters. The third-order valence-corrected chi connectivity index (χ3v) is 5.50. The van der Waals surface area contributed by atoms with Gasteiger partial charge >= 0.3 is 0 Å². The summed E-state index contributed by atoms with van der Waals surface area (Å²) in [6.45, 7) is 0.330. The highest BCUT2D eigenvalue weighted by atomic mass is 19.1. The standard InChI is InChI=1S/C25H24FN3O5/c1-32-18-6-8-23(33-2)21(12-18)29-15-17(11-24(29)30)25(31)28-13-16-5-7-22(20(26)10-16)34-19-4-3-9-27-14-19/h3-10,12,14,17H,11,13,15H2,1-2H3,(H,28,31). The topological polar surface area (TPSA) is 90.0 Å². The van der Waals surface area contributed by atoms with E-state index in [9.17, 15) is 14.0 Å². The fraction of sp³-hybridized carbons (Fsp3) is 0.240. The van der Waals surface area contributed by atoms with Crippen LogP contribution in [0.1, 0.15) is 12.0 Å². The second kappa shape index (κ2) is 10.2. The predicted octanol–water partition coefficient (Wildman–Crippen LogP) is 3.70. The Bertz CT molecular complexity index is 1190. The maximum Gasteiger partial charge on any atom is 0.227 e. The molecule has 1 fully saturated rings. The van der Waals surface area contributed by atoms with Crippen LogP contribution in [0.3, 0.4) is 0 Å². The van der Waals surface area contributed by atoms with E-state index in [-0.39, 0.29) is 37.1 Å². The van der Waals surface area contributed by atoms with Crippen LogP contribution in [0.4, 0.5) is 10.1 Å². The lowest BCUT2D eigenvalue weighted by Crippen LogP contribution is -2.32. The predicted molar refractivity (Wildman–Crippen MR) is 123 cm³/mol. The monoisotopic (exact) mass is 465 g/mol. The van der Waals surface area contributed by atoms with Crippen molar-refractivity contribution in [2.75, 3.05) is 25.7 Å². The van der Waals surface area contributed by atoms with Crippen molar-refractivity contribution in [2.24, 2.45) is 5.92 Å². The Kier molecular flexibility index (Phi) is 6.91. The number of nitrogens with zero attached hydrogens (tertiary/aromatic N) is 2. The normalized spacial score (nSPS) is 15.2. The van der Waals surface area contributed by atoms with Gasteiger partial charge in [0, 0.05) is 31.8 Å². The highest BCUT2D eigenvalue weighted by Crippen LogP contribution is 2.36. The van der Waals surface area contributed by atoms with Crippen molar-refractivity contribution in [3.8, 4) is 23.0 Å². The van der Waals surface area contributed by atoms with Crippen LogP contribution in [-0.4, -0.2) is 37.6 Å². The molecule has 1 saturated heterocycles. The molecule has 2 heterocycles. The first-order valence-electron chi connectivity index (χ1n) is 10.6. The lowest BCUT2D eigenvalue weighted by Gasteiger charge is -2.20. The van der Waals surface area contributed by atoms with Gasteiger partial charge in [-0.05, 0) is 42.0 Å². The first-order valence-corrected chi connectivity index (χ1v) is 10.6. The van der Waals surface area contributed by atoms with Crippen molar-refractivity contribution in [3.63, 3.8) is 0 Å². The van der Waals surface area contributed by atoms with Gasteiger partial charge < -0.3 is 24.4 Å². The summed E-state index contributed by atoms with van der Waals surface area (Å²) in [6.07, 6.45) is 3.15. The van der Waals surface area contributed by atoms with Crippen LogP contribution in [0.15, 0.2) is 60.9 Å². The number of aromatic nitrogens is 1. The molecular weight excluding hydrogens is 441 g/mol. The van der Waals surface area contributed by atoms with Crippen LogP contribution in [0, 0.1) is 11.7 Å². The zero-order valence-electron chi connectivity index (χ0n) is 18.8. The number of rotatable bonds is 8. The average molecular weight is 465 g/mol. The van der Waals surface area contributed by atoms with Crippen LogP contribution in [0.5, 0.6) is 23.0 Å². The molecule has 1 N–H and O–H groups in total. The van der Waals surface area contributed by atoms with Gasteiger partial charge in [0.15, 0.2) is 11.6 Å². The number of hydrogen-bond donors (Lipinski definition) is 1. The zero-order chi connectivity index (χ0) is 24.1. The maximum absolute atomic E-state index is 14.5. The minimum absolute atomic E-state index is 0.0624. The first kappa shape index (κ1) is 23.0. The summed E-state index contributed by atoms with van der Waals surface area (Å²) >= 11 is 0. The Balaban J connectivity index is 1.38. The lowest BCUT2D eigenvalue weighted by molar-refractivity contribution is -0.126. The number of ether oxygens (including phenoxy) is 3. The number of pyridine rings is 1. The van der Waals surface area contributed by atoms with Gasteiger partial charge in [0.1, 0.15) is 17.2 Å². The number of methoxy groups -OCH3 is 2. The van der Waals surface area contributed by atoms with Gasteiger partial charge in [-0.2, -0.15) is 0 Å². The van der Waals surface area contributed by atoms with E-state index in [1.807, 2.05) is 0 Å². The summed E-state index contributed by atoms with van der Waals surface area (Å²) in [5, 5.41) is 2.79. The number of carbonyl (C=O) groups is 2. The second-order valence-corrected chi connectivity index (χ2v) is 7.72. The Morgan fingerprint density at radius 1 is 1.12 bits per heavy atom. The number of anilines is 1. The molecule has 9 heteroatoms. The van der Waals surface area contributed by atoms with Crippen LogP contribution in [-0.2, 0) is 16.1 Å². The number of halogens is 1. The van der Waals surface area contributed by atoms with E-state index >= 15 is 0 Å². The lowest BCUT2D eigenvalue weighted by atomic mass is 10.1. The molecule has 3 aromatic rings. The summed E-state index contributed by atoms with van der Waals surface area (Å²) in [6, 6.07) is 13.0. The second-order valence-electron chi connectivity index (χ2n) is 7.72. The van der Waals surface area contributed by atoms with Crippen LogP contribution in [0.25, 0.3) is 0 Å². The van der Waals surface area contributed by atoms with Crippen LogP contribution in [0.2, 0.25) is 0 Å². The van der Waals surface area contributed by atoms with Gasteiger partial charge in [-0.1, -0.05) is 6.07 Å². The van der Waals surface area contributed by atoms with Crippen molar-refractivity contribution in [2.45, 2.75) is 13.0 Å². The molecule has 1 aliphatic rings. The molecule has 0 aliphatic carbocycles. The van der Waals surface area contributed by atoms with Gasteiger partial charge in [0.2, 0.25) is 11.8 Å². The van der Waals surface area contributed by atoms with E-state index in [1.165, 1.54) is 37.4 Å². The molecule has 176 valence electrons. The van der Waals surface area contributed by atoms with E-state index in [2.05, 4.69) is 10.3 Å². The van der Waals surface area contributed by atoms with Gasteiger partial charge in [0.05, 0.1) is 32.0 Å². The van der Waals surface area contributed by atoms with Gasteiger partial charge in [-0.3, -0.25) is 14.6 Å². The summed E-state index contributed by atoms with van der Waals surface area (Å²) in [4.78, 5) is 30.8. The number of nitrogens with one attached hydrogen (secondary N) is 1. The summed E-state index contributed by atoms with van der Waals surface area (Å²) in [5.74, 6) is 0.0134. The van der Waals surface area contributed by atoms with Crippen molar-refractivity contribution < 1.29 is 28.2 Å². The van der Waals surface area contributed by atoms with Crippen LogP contribution < -0.4 is 24.4 Å². The Morgan fingerprint density at radius 2 is 1.94 bits per heavy atom. The number of hydrogen-bond acceptors (Lipinski definition) is 6. The Labute approximate surface area is 196 Å². The molecule has 4 rings (SSSR count). The minimum Gasteiger partial charge on any atom is -0.497 e. The Hall–Kier alpha value is -4.14. The molecular formula is C25H24FN3O5. The molecule has 2 aromatic carbocycles. The third-order valence-electron chi connectivity index (χ3n) is 5.50. The van der Waals surface area contributed by atoms with E-state index in [4.69, 9.17) is 14.2 Å². The average Bonchev–Trinajstić information content (AvgIpc) is 3.25. The smallest absolute Gasteiger partial charge is 0.227 e. The molecule has 0 spiro atoms. The number of carbonyl (C=O) groups excluding carboxylic acids is 2. The number of amides is 2. The fourth-order valence-electron chi connectivity index (χ4n) is 3.73. The summed E-state index contributed by atoms with van der Waals surface area (Å²) in [5.41, 5.74) is 1.12. The zero-order valence-corrected chi connectivity index (χ0v) is 18.8. The SMILES string of the molecule is COc1ccc(OC)c(N2CC(C(=O)NCc3ccc(Oc4cccnc4)c(F)c3)CC2=O)c1. The maximum atomic E-state index is 14.5. The molecule has 2 amide bonds. The number of benzene rings is 2. The van der Waals surface area contributed by atoms with Crippen molar-refractivity contribution in [1.29, 1.82) is 0 Å². The molecule has 8 nitrogen and oxygen atoms in total. The summed E-state index contributed by atoms with van der Waals surface area (Å²) in [7, 11) is 3.05. The van der Waals surface area contributed by atoms with Crippen molar-refractivity contribution >= 4 is 17.5 Å². The summed E-state index contributed by atoms with van der Waals surface area (Å²) < 4.78 is 30.6. The quantitative estimate of drug-likeness (QED) is 0.546. The van der Waals surface area contributed by atoms with Gasteiger partial charge in [-0.15, -0.1) is 0 Å². The fourth-order valence-corrected chi connectivity index (χ4v) is 3.73. The van der Waals surface area contributed by atoms with Crippen molar-refractivity contribution in [3.05, 3.63) is 72.3 Å². The largest absolute Gasteiger partial charge is 0.497 e. The molecule has 0 bridgehead atoms. The third kappa shape index (κ3) is 5.09. The van der Waals surface area contributed by atoms with Crippen LogP contribution >= 0.6 is 0 Å². The van der Waals surface area contributed by atoms with E-state index < -0.39 is 11.7 Å². The Morgan fingerprint density at radius 3 is 2.65 bits per heavy atom. The highest BCUT2D eigenvalue weighted by Gasteiger charge is 2.36. The van der Waals surface area contributed by atoms with Crippen molar-refractivity contribution in [1.82, 2.24) is 10.3 Å². The highest BCUT2D eigenvalue weighted by molar-refractivity contribution is 6.01. The molecule has 1 aromatic heterocycles. The van der Waals surface area contributed by atoms with E-state index in [0.29, 0.717) is 28.5 Å². The van der Waals surface area contributed by atoms with E-state index in [1.54, 1.807) is 42.6 Å². The van der Waals surface area contributed by atoms with E-state index in [0.717, 1.165) is 0 Å². The molecule has 1 aliphatic heterocycles. The first-order chi connectivity index (χ1) is 16.5. The minimum atomic E-state index is -0.553.